The van der Waals surface area contributed by atoms with Gasteiger partial charge in [-0.1, -0.05) is 85.3 Å². The smallest absolute Gasteiger partial charge is 0.289 e. The molecule has 6 unspecified atom stereocenters. The Morgan fingerprint density at radius 1 is 1.00 bits per heavy atom. The molecule has 11 nitrogen and oxygen atoms in total. The zero-order chi connectivity index (χ0) is 36.4. The first kappa shape index (κ1) is 37.7. The number of likely N-dealkylation sites (tertiary alicyclic amines) is 1. The Morgan fingerprint density at radius 3 is 2.28 bits per heavy atom. The molecule has 3 aliphatic carbocycles. The molecule has 0 radical (unpaired) electrons. The standard InChI is InChI=1S/C38H55N5O6S/c1-7-18-39-35(48)30(44)25(20-22-13-11-14-22)40-34(47)29-27-24(38(27,5)6)21-43(29)36(49)31(37(2,3)4)42-33(46)28(23-15-9-8-10-16-23)41-32(45)26-17-12-19-50-26/h7,12,17,19,22-25,27-29,31H,1,8-11,13-16,18,20-21H2,2-6H3,(H,39,48)(H,40,47)(H,41,45)(H,42,46). The van der Waals surface area contributed by atoms with Crippen molar-refractivity contribution in [1.29, 1.82) is 0 Å². The average molecular weight is 710 g/mol. The molecule has 6 atom stereocenters. The number of ketones is 1. The van der Waals surface area contributed by atoms with Crippen LogP contribution in [0.2, 0.25) is 0 Å². The van der Waals surface area contributed by atoms with Crippen LogP contribution < -0.4 is 21.3 Å². The summed E-state index contributed by atoms with van der Waals surface area (Å²) in [5, 5.41) is 13.3. The molecule has 1 aliphatic heterocycles. The molecule has 4 N–H and O–H groups in total. The Morgan fingerprint density at radius 2 is 1.70 bits per heavy atom. The average Bonchev–Trinajstić information content (AvgIpc) is 3.51. The van der Waals surface area contributed by atoms with Crippen molar-refractivity contribution < 1.29 is 28.8 Å². The van der Waals surface area contributed by atoms with E-state index in [-0.39, 0.29) is 47.4 Å². The van der Waals surface area contributed by atoms with E-state index in [0.717, 1.165) is 51.4 Å². The molecule has 1 saturated heterocycles. The van der Waals surface area contributed by atoms with E-state index in [1.807, 2.05) is 26.2 Å². The highest BCUT2D eigenvalue weighted by atomic mass is 32.1. The Hall–Kier alpha value is -3.54. The van der Waals surface area contributed by atoms with E-state index in [9.17, 15) is 28.8 Å². The highest BCUT2D eigenvalue weighted by molar-refractivity contribution is 7.12. The maximum atomic E-state index is 14.6. The van der Waals surface area contributed by atoms with Gasteiger partial charge in [-0.2, -0.15) is 0 Å². The first-order chi connectivity index (χ1) is 23.6. The highest BCUT2D eigenvalue weighted by Crippen LogP contribution is 2.65. The van der Waals surface area contributed by atoms with E-state index < -0.39 is 53.1 Å². The van der Waals surface area contributed by atoms with Crippen LogP contribution in [0, 0.1) is 34.5 Å². The lowest BCUT2D eigenvalue weighted by atomic mass is 9.80. The van der Waals surface area contributed by atoms with Gasteiger partial charge in [0.15, 0.2) is 0 Å². The van der Waals surface area contributed by atoms with Gasteiger partial charge < -0.3 is 26.2 Å². The fraction of sp³-hybridized carbons (Fsp3) is 0.684. The Bertz CT molecular complexity index is 1460. The van der Waals surface area contributed by atoms with Crippen molar-refractivity contribution in [3.8, 4) is 0 Å². The predicted octanol–water partition coefficient (Wildman–Crippen LogP) is 3.99. The number of nitrogens with one attached hydrogen (secondary N) is 4. The minimum atomic E-state index is -1.00. The summed E-state index contributed by atoms with van der Waals surface area (Å²) in [7, 11) is 0. The monoisotopic (exact) mass is 709 g/mol. The number of carbonyl (C=O) groups is 6. The molecule has 5 rings (SSSR count). The number of thiophene rings is 1. The first-order valence-electron chi connectivity index (χ1n) is 18.3. The molecule has 2 heterocycles. The van der Waals surface area contributed by atoms with Crippen LogP contribution in [-0.4, -0.2) is 77.5 Å². The summed E-state index contributed by atoms with van der Waals surface area (Å²) >= 11 is 1.31. The second-order valence-corrected chi connectivity index (χ2v) is 17.4. The van der Waals surface area contributed by atoms with Gasteiger partial charge in [-0.05, 0) is 65.2 Å². The lowest BCUT2D eigenvalue weighted by Gasteiger charge is -2.39. The van der Waals surface area contributed by atoms with Crippen molar-refractivity contribution in [3.63, 3.8) is 0 Å². The van der Waals surface area contributed by atoms with Gasteiger partial charge in [-0.3, -0.25) is 28.8 Å². The number of hydrogen-bond donors (Lipinski definition) is 4. The summed E-state index contributed by atoms with van der Waals surface area (Å²) in [6.45, 7) is 13.9. The largest absolute Gasteiger partial charge is 0.346 e. The molecule has 1 aromatic rings. The molecule has 12 heteroatoms. The van der Waals surface area contributed by atoms with Crippen LogP contribution in [0.15, 0.2) is 30.2 Å². The third-order valence-electron chi connectivity index (χ3n) is 11.7. The summed E-state index contributed by atoms with van der Waals surface area (Å²) in [5.41, 5.74) is -0.914. The molecule has 50 heavy (non-hydrogen) atoms. The Balaban J connectivity index is 1.36. The predicted molar refractivity (Wildman–Crippen MR) is 192 cm³/mol. The fourth-order valence-electron chi connectivity index (χ4n) is 8.31. The van der Waals surface area contributed by atoms with Crippen molar-refractivity contribution in [2.45, 2.75) is 117 Å². The van der Waals surface area contributed by atoms with Gasteiger partial charge in [0.2, 0.25) is 23.5 Å². The topological polar surface area (TPSA) is 154 Å². The summed E-state index contributed by atoms with van der Waals surface area (Å²) in [6.07, 6.45) is 9.38. The molecule has 4 fully saturated rings. The number of fused-ring (bicyclic) bond motifs is 1. The van der Waals surface area contributed by atoms with Crippen molar-refractivity contribution >= 4 is 46.7 Å². The van der Waals surface area contributed by atoms with E-state index in [1.165, 1.54) is 17.4 Å². The number of amides is 5. The fourth-order valence-corrected chi connectivity index (χ4v) is 8.93. The van der Waals surface area contributed by atoms with E-state index >= 15 is 0 Å². The van der Waals surface area contributed by atoms with Gasteiger partial charge in [-0.15, -0.1) is 17.9 Å². The van der Waals surface area contributed by atoms with E-state index in [1.54, 1.807) is 17.0 Å². The second kappa shape index (κ2) is 15.4. The van der Waals surface area contributed by atoms with Crippen molar-refractivity contribution in [3.05, 3.63) is 35.0 Å². The van der Waals surface area contributed by atoms with Crippen molar-refractivity contribution in [2.75, 3.05) is 13.1 Å². The number of rotatable bonds is 14. The summed E-state index contributed by atoms with van der Waals surface area (Å²) in [6, 6.07) is -0.130. The van der Waals surface area contributed by atoms with E-state index in [0.29, 0.717) is 17.8 Å². The quantitative estimate of drug-likeness (QED) is 0.169. The maximum Gasteiger partial charge on any atom is 0.289 e. The molecular formula is C38H55N5O6S. The molecule has 5 amide bonds. The van der Waals surface area contributed by atoms with Crippen LogP contribution in [0.3, 0.4) is 0 Å². The summed E-state index contributed by atoms with van der Waals surface area (Å²) in [5.74, 6) is -2.88. The number of carbonyl (C=O) groups excluding carboxylic acids is 6. The van der Waals surface area contributed by atoms with Gasteiger partial charge in [-0.25, -0.2) is 0 Å². The van der Waals surface area contributed by atoms with Gasteiger partial charge in [0.05, 0.1) is 10.9 Å². The minimum Gasteiger partial charge on any atom is -0.346 e. The minimum absolute atomic E-state index is 0.0593. The number of Topliss-reactive ketones (excluding diaryl/α,β-unsaturated/α-hetero) is 1. The Labute approximate surface area is 300 Å². The highest BCUT2D eigenvalue weighted by Gasteiger charge is 2.70. The molecule has 1 aromatic heterocycles. The molecule has 0 spiro atoms. The first-order valence-corrected chi connectivity index (χ1v) is 19.2. The molecular weight excluding hydrogens is 655 g/mol. The van der Waals surface area contributed by atoms with Gasteiger partial charge in [0.25, 0.3) is 11.8 Å². The Kier molecular flexibility index (Phi) is 11.6. The molecule has 0 bridgehead atoms. The number of piperidine rings is 1. The molecule has 274 valence electrons. The third kappa shape index (κ3) is 8.16. The number of hydrogen-bond acceptors (Lipinski definition) is 7. The summed E-state index contributed by atoms with van der Waals surface area (Å²) < 4.78 is 0. The van der Waals surface area contributed by atoms with Gasteiger partial charge in [0.1, 0.15) is 18.1 Å². The lowest BCUT2D eigenvalue weighted by Crippen LogP contribution is -2.63. The van der Waals surface area contributed by atoms with Crippen molar-refractivity contribution in [2.24, 2.45) is 34.5 Å². The zero-order valence-corrected chi connectivity index (χ0v) is 31.0. The zero-order valence-electron chi connectivity index (χ0n) is 30.2. The molecule has 4 aliphatic rings. The van der Waals surface area contributed by atoms with Crippen molar-refractivity contribution in [1.82, 2.24) is 26.2 Å². The van der Waals surface area contributed by atoms with Crippen LogP contribution >= 0.6 is 11.3 Å². The van der Waals surface area contributed by atoms with E-state index in [4.69, 9.17) is 0 Å². The van der Waals surface area contributed by atoms with Crippen LogP contribution in [0.1, 0.15) is 102 Å². The molecule has 3 saturated carbocycles. The number of nitrogens with zero attached hydrogens (tertiary/aromatic N) is 1. The van der Waals surface area contributed by atoms with Crippen LogP contribution in [0.25, 0.3) is 0 Å². The van der Waals surface area contributed by atoms with Crippen LogP contribution in [-0.2, 0) is 24.0 Å². The SMILES string of the molecule is C=CCNC(=O)C(=O)C(CC1CCC1)NC(=O)C1C2C(CN1C(=O)C(NC(=O)C(NC(=O)c1cccs1)C1CCCCC1)C(C)(C)C)C2(C)C. The molecule has 0 aromatic carbocycles. The van der Waals surface area contributed by atoms with Gasteiger partial charge >= 0.3 is 0 Å². The van der Waals surface area contributed by atoms with Gasteiger partial charge in [0, 0.05) is 13.1 Å². The van der Waals surface area contributed by atoms with Crippen LogP contribution in [0.4, 0.5) is 0 Å². The normalized spacial score (nSPS) is 24.8. The third-order valence-corrected chi connectivity index (χ3v) is 12.5. The van der Waals surface area contributed by atoms with Crippen LogP contribution in [0.5, 0.6) is 0 Å². The second-order valence-electron chi connectivity index (χ2n) is 16.5. The maximum absolute atomic E-state index is 14.6. The summed E-state index contributed by atoms with van der Waals surface area (Å²) in [4.78, 5) is 84.3. The van der Waals surface area contributed by atoms with E-state index in [2.05, 4.69) is 41.7 Å². The lowest BCUT2D eigenvalue weighted by molar-refractivity contribution is -0.147.